The minimum atomic E-state index is 0.288. The summed E-state index contributed by atoms with van der Waals surface area (Å²) in [5, 5.41) is 4.98. The Morgan fingerprint density at radius 1 is 1.24 bits per heavy atom. The van der Waals surface area contributed by atoms with Gasteiger partial charge in [0.2, 0.25) is 0 Å². The summed E-state index contributed by atoms with van der Waals surface area (Å²) in [6, 6.07) is 0.490. The first-order valence-electron chi connectivity index (χ1n) is 10.2. The molecule has 0 amide bonds. The van der Waals surface area contributed by atoms with Gasteiger partial charge in [-0.2, -0.15) is 5.10 Å². The van der Waals surface area contributed by atoms with Crippen molar-refractivity contribution in [1.82, 2.24) is 9.78 Å². The van der Waals surface area contributed by atoms with Crippen LogP contribution in [0.3, 0.4) is 0 Å². The number of aromatic nitrogens is 2. The topological polar surface area (TPSA) is 34.9 Å². The van der Waals surface area contributed by atoms with E-state index in [-0.39, 0.29) is 5.92 Å². The lowest BCUT2D eigenvalue weighted by atomic mass is 9.54. The van der Waals surface area contributed by atoms with Gasteiger partial charge in [0.15, 0.2) is 0 Å². The second kappa shape index (κ2) is 6.55. The predicted molar refractivity (Wildman–Crippen MR) is 103 cm³/mol. The normalized spacial score (nSPS) is 30.4. The van der Waals surface area contributed by atoms with E-state index in [1.54, 1.807) is 6.92 Å². The van der Waals surface area contributed by atoms with Crippen LogP contribution in [0.5, 0.6) is 0 Å². The summed E-state index contributed by atoms with van der Waals surface area (Å²) in [7, 11) is 0. The van der Waals surface area contributed by atoms with Crippen molar-refractivity contribution in [3.63, 3.8) is 0 Å². The summed E-state index contributed by atoms with van der Waals surface area (Å²) in [5.41, 5.74) is 3.47. The van der Waals surface area contributed by atoms with Crippen LogP contribution in [0, 0.1) is 22.7 Å². The van der Waals surface area contributed by atoms with Crippen molar-refractivity contribution >= 4 is 5.78 Å². The molecule has 1 heterocycles. The van der Waals surface area contributed by atoms with Gasteiger partial charge in [0.1, 0.15) is 5.78 Å². The molecule has 0 aliphatic heterocycles. The van der Waals surface area contributed by atoms with E-state index in [4.69, 9.17) is 5.10 Å². The molecule has 1 aromatic rings. The molecule has 1 fully saturated rings. The molecule has 3 nitrogen and oxygen atoms in total. The highest BCUT2D eigenvalue weighted by molar-refractivity contribution is 5.78. The first kappa shape index (κ1) is 18.7. The standard InChI is InChI=1S/C22H36N2O/c1-15(2)22(21(4,5)6)12-11-20-18(13-22)14-24(23-20)19-9-7-17(8-10-19)16(3)25/h14-15,17,19H,7-13H2,1-6H3. The van der Waals surface area contributed by atoms with E-state index in [1.807, 2.05) is 0 Å². The third-order valence-corrected chi connectivity index (χ3v) is 7.45. The fraction of sp³-hybridized carbons (Fsp3) is 0.818. The summed E-state index contributed by atoms with van der Waals surface area (Å²) in [6.45, 7) is 13.8. The van der Waals surface area contributed by atoms with Gasteiger partial charge >= 0.3 is 0 Å². The van der Waals surface area contributed by atoms with Gasteiger partial charge in [-0.15, -0.1) is 0 Å². The molecule has 3 rings (SSSR count). The van der Waals surface area contributed by atoms with Crippen LogP contribution in [0.4, 0.5) is 0 Å². The minimum absolute atomic E-state index is 0.288. The molecule has 0 N–H and O–H groups in total. The smallest absolute Gasteiger partial charge is 0.132 e. The van der Waals surface area contributed by atoms with Crippen LogP contribution >= 0.6 is 0 Å². The average Bonchev–Trinajstić information content (AvgIpc) is 2.96. The van der Waals surface area contributed by atoms with Crippen LogP contribution in [0.1, 0.15) is 90.9 Å². The lowest BCUT2D eigenvalue weighted by Crippen LogP contribution is -2.44. The largest absolute Gasteiger partial charge is 0.300 e. The van der Waals surface area contributed by atoms with Crippen molar-refractivity contribution in [2.75, 3.05) is 0 Å². The molecule has 0 saturated heterocycles. The molecule has 140 valence electrons. The number of hydrogen-bond donors (Lipinski definition) is 0. The van der Waals surface area contributed by atoms with Gasteiger partial charge in [-0.3, -0.25) is 9.48 Å². The SMILES string of the molecule is CC(=O)C1CCC(n2cc3c(n2)CCC(C(C)C)(C(C)(C)C)C3)CC1. The van der Waals surface area contributed by atoms with Gasteiger partial charge in [0, 0.05) is 12.1 Å². The van der Waals surface area contributed by atoms with Crippen LogP contribution in [-0.4, -0.2) is 15.6 Å². The molecule has 2 aliphatic rings. The van der Waals surface area contributed by atoms with Gasteiger partial charge in [0.25, 0.3) is 0 Å². The quantitative estimate of drug-likeness (QED) is 0.738. The van der Waals surface area contributed by atoms with Crippen LogP contribution in [-0.2, 0) is 17.6 Å². The number of Topliss-reactive ketones (excluding diaryl/α,β-unsaturated/α-hetero) is 1. The highest BCUT2D eigenvalue weighted by atomic mass is 16.1. The third-order valence-electron chi connectivity index (χ3n) is 7.45. The minimum Gasteiger partial charge on any atom is -0.300 e. The molecule has 1 saturated carbocycles. The molecular formula is C22H36N2O. The zero-order valence-electron chi connectivity index (χ0n) is 17.1. The number of ketones is 1. The second-order valence-corrected chi connectivity index (χ2v) is 9.93. The molecule has 3 heteroatoms. The summed E-state index contributed by atoms with van der Waals surface area (Å²) >= 11 is 0. The Labute approximate surface area is 153 Å². The fourth-order valence-electron chi connectivity index (χ4n) is 5.53. The van der Waals surface area contributed by atoms with E-state index >= 15 is 0 Å². The van der Waals surface area contributed by atoms with Crippen molar-refractivity contribution in [1.29, 1.82) is 0 Å². The van der Waals surface area contributed by atoms with E-state index < -0.39 is 0 Å². The van der Waals surface area contributed by atoms with Gasteiger partial charge in [-0.1, -0.05) is 34.6 Å². The Bertz CT molecular complexity index is 629. The Hall–Kier alpha value is -1.12. The van der Waals surface area contributed by atoms with Crippen molar-refractivity contribution < 1.29 is 4.79 Å². The molecule has 1 aromatic heterocycles. The Morgan fingerprint density at radius 2 is 1.88 bits per heavy atom. The first-order valence-corrected chi connectivity index (χ1v) is 10.2. The number of fused-ring (bicyclic) bond motifs is 1. The zero-order chi connectivity index (χ0) is 18.4. The number of hydrogen-bond acceptors (Lipinski definition) is 2. The van der Waals surface area contributed by atoms with E-state index in [1.165, 1.54) is 17.7 Å². The summed E-state index contributed by atoms with van der Waals surface area (Å²) in [4.78, 5) is 11.6. The lowest BCUT2D eigenvalue weighted by Gasteiger charge is -2.50. The Balaban J connectivity index is 1.79. The van der Waals surface area contributed by atoms with E-state index in [2.05, 4.69) is 45.5 Å². The molecular weight excluding hydrogens is 308 g/mol. The number of carbonyl (C=O) groups excluding carboxylic acids is 1. The predicted octanol–water partition coefficient (Wildman–Crippen LogP) is 5.38. The Morgan fingerprint density at radius 3 is 2.40 bits per heavy atom. The van der Waals surface area contributed by atoms with Crippen LogP contribution in [0.2, 0.25) is 0 Å². The first-order chi connectivity index (χ1) is 11.6. The van der Waals surface area contributed by atoms with Gasteiger partial charge < -0.3 is 0 Å². The molecule has 25 heavy (non-hydrogen) atoms. The summed E-state index contributed by atoms with van der Waals surface area (Å²) in [6.07, 6.45) is 10.1. The maximum Gasteiger partial charge on any atom is 0.132 e. The van der Waals surface area contributed by atoms with Crippen LogP contribution in [0.15, 0.2) is 6.20 Å². The summed E-state index contributed by atoms with van der Waals surface area (Å²) in [5.74, 6) is 1.33. The zero-order valence-corrected chi connectivity index (χ0v) is 17.1. The molecule has 0 aromatic carbocycles. The number of rotatable bonds is 3. The molecule has 2 aliphatic carbocycles. The van der Waals surface area contributed by atoms with Gasteiger partial charge in [-0.05, 0) is 74.2 Å². The van der Waals surface area contributed by atoms with E-state index in [9.17, 15) is 4.79 Å². The number of carbonyl (C=O) groups is 1. The monoisotopic (exact) mass is 344 g/mol. The molecule has 1 atom stereocenters. The molecule has 0 bridgehead atoms. The van der Waals surface area contributed by atoms with Crippen LogP contribution < -0.4 is 0 Å². The van der Waals surface area contributed by atoms with E-state index in [0.717, 1.165) is 38.5 Å². The van der Waals surface area contributed by atoms with Crippen molar-refractivity contribution in [2.45, 2.75) is 92.5 Å². The fourth-order valence-corrected chi connectivity index (χ4v) is 5.53. The lowest BCUT2D eigenvalue weighted by molar-refractivity contribution is -0.121. The van der Waals surface area contributed by atoms with Crippen molar-refractivity contribution in [2.24, 2.45) is 22.7 Å². The average molecular weight is 345 g/mol. The third kappa shape index (κ3) is 3.31. The number of nitrogens with zero attached hydrogens (tertiary/aromatic N) is 2. The van der Waals surface area contributed by atoms with Crippen molar-refractivity contribution in [3.05, 3.63) is 17.5 Å². The maximum absolute atomic E-state index is 11.6. The maximum atomic E-state index is 11.6. The van der Waals surface area contributed by atoms with Crippen LogP contribution in [0.25, 0.3) is 0 Å². The molecule has 0 spiro atoms. The van der Waals surface area contributed by atoms with Gasteiger partial charge in [0.05, 0.1) is 11.7 Å². The number of aryl methyl sites for hydroxylation is 1. The second-order valence-electron chi connectivity index (χ2n) is 9.93. The highest BCUT2D eigenvalue weighted by Crippen LogP contribution is 2.53. The molecule has 1 unspecified atom stereocenters. The van der Waals surface area contributed by atoms with Gasteiger partial charge in [-0.25, -0.2) is 0 Å². The summed E-state index contributed by atoms with van der Waals surface area (Å²) < 4.78 is 2.25. The highest BCUT2D eigenvalue weighted by Gasteiger charge is 2.47. The van der Waals surface area contributed by atoms with E-state index in [0.29, 0.717) is 28.6 Å². The molecule has 0 radical (unpaired) electrons. The Kier molecular flexibility index (Phi) is 4.89. The van der Waals surface area contributed by atoms with Crippen molar-refractivity contribution in [3.8, 4) is 0 Å².